The lowest BCUT2D eigenvalue weighted by Crippen LogP contribution is -1.83. The summed E-state index contributed by atoms with van der Waals surface area (Å²) in [4.78, 5) is 2.20. The molecule has 2 N–H and O–H groups in total. The number of phenolic OH excluding ortho intramolecular Hbond substituents is 2. The summed E-state index contributed by atoms with van der Waals surface area (Å²) >= 11 is 1.65. The molecule has 0 aliphatic rings. The summed E-state index contributed by atoms with van der Waals surface area (Å²) in [5, 5.41) is 19.7. The number of benzene rings is 2. The SMILES string of the molecule is COc1ccc(/C=C/c2ccc(/C=C/c3ccc(OC)c(O)c3)s2)cc1O. The van der Waals surface area contributed by atoms with E-state index in [1.807, 2.05) is 48.6 Å². The lowest BCUT2D eigenvalue weighted by Gasteiger charge is -2.03. The van der Waals surface area contributed by atoms with E-state index in [1.54, 1.807) is 35.6 Å². The van der Waals surface area contributed by atoms with Crippen LogP contribution < -0.4 is 9.47 Å². The number of methoxy groups -OCH3 is 2. The van der Waals surface area contributed by atoms with Crippen LogP contribution in [0, 0.1) is 0 Å². The van der Waals surface area contributed by atoms with Crippen LogP contribution in [0.5, 0.6) is 23.0 Å². The summed E-state index contributed by atoms with van der Waals surface area (Å²) in [6, 6.07) is 14.7. The smallest absolute Gasteiger partial charge is 0.160 e. The van der Waals surface area contributed by atoms with Gasteiger partial charge >= 0.3 is 0 Å². The Morgan fingerprint density at radius 1 is 0.667 bits per heavy atom. The van der Waals surface area contributed by atoms with Crippen LogP contribution in [0.1, 0.15) is 20.9 Å². The van der Waals surface area contributed by atoms with E-state index in [1.165, 1.54) is 14.2 Å². The van der Waals surface area contributed by atoms with Crippen LogP contribution >= 0.6 is 11.3 Å². The van der Waals surface area contributed by atoms with E-state index in [0.717, 1.165) is 20.9 Å². The lowest BCUT2D eigenvalue weighted by atomic mass is 10.2. The Bertz CT molecular complexity index is 908. The minimum atomic E-state index is 0.122. The molecule has 5 heteroatoms. The van der Waals surface area contributed by atoms with E-state index in [-0.39, 0.29) is 11.5 Å². The molecule has 3 rings (SSSR count). The van der Waals surface area contributed by atoms with Crippen molar-refractivity contribution >= 4 is 35.6 Å². The number of phenols is 2. The highest BCUT2D eigenvalue weighted by Crippen LogP contribution is 2.29. The van der Waals surface area contributed by atoms with Gasteiger partial charge in [-0.05, 0) is 59.7 Å². The van der Waals surface area contributed by atoms with Crippen LogP contribution in [-0.4, -0.2) is 24.4 Å². The molecule has 0 saturated carbocycles. The van der Waals surface area contributed by atoms with Crippen LogP contribution in [0.25, 0.3) is 24.3 Å². The molecule has 2 aromatic carbocycles. The minimum Gasteiger partial charge on any atom is -0.504 e. The first-order valence-electron chi connectivity index (χ1n) is 8.29. The molecule has 0 aliphatic heterocycles. The molecule has 0 fully saturated rings. The molecule has 1 aromatic heterocycles. The van der Waals surface area contributed by atoms with Crippen molar-refractivity contribution in [3.63, 3.8) is 0 Å². The van der Waals surface area contributed by atoms with Gasteiger partial charge in [0, 0.05) is 9.75 Å². The van der Waals surface area contributed by atoms with Gasteiger partial charge in [0.05, 0.1) is 14.2 Å². The number of rotatable bonds is 6. The largest absolute Gasteiger partial charge is 0.504 e. The number of thiophene rings is 1. The van der Waals surface area contributed by atoms with Gasteiger partial charge in [0.1, 0.15) is 0 Å². The van der Waals surface area contributed by atoms with Crippen molar-refractivity contribution in [1.29, 1.82) is 0 Å². The highest BCUT2D eigenvalue weighted by Gasteiger charge is 2.02. The van der Waals surface area contributed by atoms with Crippen LogP contribution in [0.15, 0.2) is 48.5 Å². The molecule has 0 unspecified atom stereocenters. The van der Waals surface area contributed by atoms with Gasteiger partial charge in [0.2, 0.25) is 0 Å². The Balaban J connectivity index is 1.69. The van der Waals surface area contributed by atoms with E-state index in [9.17, 15) is 10.2 Å². The Labute approximate surface area is 162 Å². The molecular weight excluding hydrogens is 360 g/mol. The number of aromatic hydroxyl groups is 2. The summed E-state index contributed by atoms with van der Waals surface area (Å²) in [6.45, 7) is 0. The molecule has 0 spiro atoms. The van der Waals surface area contributed by atoms with Crippen molar-refractivity contribution in [1.82, 2.24) is 0 Å². The number of hydrogen-bond acceptors (Lipinski definition) is 5. The summed E-state index contributed by atoms with van der Waals surface area (Å²) in [6.07, 6.45) is 7.89. The average molecular weight is 380 g/mol. The number of hydrogen-bond donors (Lipinski definition) is 2. The molecule has 0 aliphatic carbocycles. The van der Waals surface area contributed by atoms with Crippen molar-refractivity contribution in [3.05, 3.63) is 69.4 Å². The third kappa shape index (κ3) is 4.71. The zero-order chi connectivity index (χ0) is 19.2. The maximum Gasteiger partial charge on any atom is 0.160 e. The molecule has 138 valence electrons. The molecule has 0 bridgehead atoms. The van der Waals surface area contributed by atoms with Gasteiger partial charge in [0.15, 0.2) is 23.0 Å². The Hall–Kier alpha value is -3.18. The predicted octanol–water partition coefficient (Wildman–Crippen LogP) is 5.52. The molecule has 27 heavy (non-hydrogen) atoms. The molecule has 3 aromatic rings. The van der Waals surface area contributed by atoms with Gasteiger partial charge in [0.25, 0.3) is 0 Å². The Morgan fingerprint density at radius 2 is 1.11 bits per heavy atom. The summed E-state index contributed by atoms with van der Waals surface area (Å²) < 4.78 is 10.1. The summed E-state index contributed by atoms with van der Waals surface area (Å²) in [7, 11) is 3.05. The molecule has 0 saturated heterocycles. The third-order valence-corrected chi connectivity index (χ3v) is 4.95. The fourth-order valence-electron chi connectivity index (χ4n) is 2.53. The van der Waals surface area contributed by atoms with E-state index in [0.29, 0.717) is 11.5 Å². The standard InChI is InChI=1S/C22H20O4S/c1-25-21-11-5-15(13-19(21)23)3-7-17-9-10-18(27-17)8-4-16-6-12-22(26-2)20(24)14-16/h3-14,23-24H,1-2H3/b7-3+,8-4+. The van der Waals surface area contributed by atoms with Crippen LogP contribution in [0.3, 0.4) is 0 Å². The molecule has 4 nitrogen and oxygen atoms in total. The molecule has 0 amide bonds. The third-order valence-electron chi connectivity index (χ3n) is 3.93. The minimum absolute atomic E-state index is 0.122. The normalized spacial score (nSPS) is 11.3. The van der Waals surface area contributed by atoms with Crippen molar-refractivity contribution in [2.24, 2.45) is 0 Å². The van der Waals surface area contributed by atoms with E-state index in [2.05, 4.69) is 0 Å². The van der Waals surface area contributed by atoms with E-state index < -0.39 is 0 Å². The first-order chi connectivity index (χ1) is 13.1. The van der Waals surface area contributed by atoms with Gasteiger partial charge in [-0.1, -0.05) is 24.3 Å². The zero-order valence-electron chi connectivity index (χ0n) is 15.0. The first kappa shape index (κ1) is 18.6. The van der Waals surface area contributed by atoms with Crippen LogP contribution in [0.4, 0.5) is 0 Å². The molecule has 0 radical (unpaired) electrons. The van der Waals surface area contributed by atoms with Gasteiger partial charge in [-0.15, -0.1) is 11.3 Å². The van der Waals surface area contributed by atoms with Crippen molar-refractivity contribution in [2.75, 3.05) is 14.2 Å². The quantitative estimate of drug-likeness (QED) is 0.591. The van der Waals surface area contributed by atoms with Crippen LogP contribution in [-0.2, 0) is 0 Å². The second-order valence-electron chi connectivity index (χ2n) is 5.77. The molecular formula is C22H20O4S. The van der Waals surface area contributed by atoms with Gasteiger partial charge in [-0.25, -0.2) is 0 Å². The van der Waals surface area contributed by atoms with Crippen molar-refractivity contribution in [3.8, 4) is 23.0 Å². The van der Waals surface area contributed by atoms with Gasteiger partial charge in [-0.2, -0.15) is 0 Å². The fourth-order valence-corrected chi connectivity index (χ4v) is 3.34. The predicted molar refractivity (Wildman–Crippen MR) is 111 cm³/mol. The summed E-state index contributed by atoms with van der Waals surface area (Å²) in [5.41, 5.74) is 1.79. The Kier molecular flexibility index (Phi) is 5.84. The van der Waals surface area contributed by atoms with E-state index >= 15 is 0 Å². The second kappa shape index (κ2) is 8.47. The fraction of sp³-hybridized carbons (Fsp3) is 0.0909. The topological polar surface area (TPSA) is 58.9 Å². The number of ether oxygens (including phenoxy) is 2. The highest BCUT2D eigenvalue weighted by atomic mass is 32.1. The molecule has 1 heterocycles. The highest BCUT2D eigenvalue weighted by molar-refractivity contribution is 7.13. The van der Waals surface area contributed by atoms with Gasteiger partial charge in [-0.3, -0.25) is 0 Å². The second-order valence-corrected chi connectivity index (χ2v) is 6.92. The first-order valence-corrected chi connectivity index (χ1v) is 9.10. The van der Waals surface area contributed by atoms with Gasteiger partial charge < -0.3 is 19.7 Å². The maximum absolute atomic E-state index is 9.83. The lowest BCUT2D eigenvalue weighted by molar-refractivity contribution is 0.373. The van der Waals surface area contributed by atoms with Crippen molar-refractivity contribution in [2.45, 2.75) is 0 Å². The zero-order valence-corrected chi connectivity index (χ0v) is 15.9. The summed E-state index contributed by atoms with van der Waals surface area (Å²) in [5.74, 6) is 1.16. The Morgan fingerprint density at radius 3 is 1.48 bits per heavy atom. The molecule has 0 atom stereocenters. The van der Waals surface area contributed by atoms with Crippen LogP contribution in [0.2, 0.25) is 0 Å². The monoisotopic (exact) mass is 380 g/mol. The van der Waals surface area contributed by atoms with E-state index in [4.69, 9.17) is 9.47 Å². The maximum atomic E-state index is 9.83. The average Bonchev–Trinajstić information content (AvgIpc) is 3.13. The van der Waals surface area contributed by atoms with Crippen molar-refractivity contribution < 1.29 is 19.7 Å².